The average molecular weight is 565 g/mol. The van der Waals surface area contributed by atoms with Gasteiger partial charge in [-0.05, 0) is 12.2 Å². The van der Waals surface area contributed by atoms with E-state index in [1.165, 1.54) is 24.3 Å². The molecule has 3 heterocycles. The summed E-state index contributed by atoms with van der Waals surface area (Å²) in [5, 5.41) is 85.7. The Morgan fingerprint density at radius 3 is 2.29 bits per heavy atom. The number of benzene rings is 2. The summed E-state index contributed by atoms with van der Waals surface area (Å²) in [7, 11) is 0. The van der Waals surface area contributed by atoms with Gasteiger partial charge in [0, 0.05) is 60.1 Å². The second kappa shape index (κ2) is 8.76. The smallest absolute Gasteiger partial charge is 0.284 e. The average Bonchev–Trinajstić information content (AvgIpc) is 2.91. The summed E-state index contributed by atoms with van der Waals surface area (Å²) in [6, 6.07) is 3.73. The zero-order valence-electron chi connectivity index (χ0n) is 21.5. The van der Waals surface area contributed by atoms with Crippen molar-refractivity contribution in [2.45, 2.75) is 49.3 Å². The van der Waals surface area contributed by atoms with Crippen molar-refractivity contribution in [3.8, 4) is 34.5 Å². The second-order valence-electron chi connectivity index (χ2n) is 11.1. The minimum Gasteiger partial charge on any atom is -0.512 e. The van der Waals surface area contributed by atoms with Gasteiger partial charge < -0.3 is 55.1 Å². The Balaban J connectivity index is 1.42. The quantitative estimate of drug-likeness (QED) is 0.267. The highest BCUT2D eigenvalue weighted by molar-refractivity contribution is 5.67. The van der Waals surface area contributed by atoms with Crippen LogP contribution >= 0.6 is 0 Å². The summed E-state index contributed by atoms with van der Waals surface area (Å²) in [5.41, 5.74) is 0.727. The van der Waals surface area contributed by atoms with Gasteiger partial charge in [0.2, 0.25) is 0 Å². The number of phenolic OH excluding ortho intramolecular Hbond substituents is 3. The molecule has 8 N–H and O–H groups in total. The van der Waals surface area contributed by atoms with E-state index in [0.29, 0.717) is 5.56 Å². The van der Waals surface area contributed by atoms with Gasteiger partial charge in [0.25, 0.3) is 5.79 Å². The summed E-state index contributed by atoms with van der Waals surface area (Å²) in [5.74, 6) is -5.37. The van der Waals surface area contributed by atoms with E-state index >= 15 is 0 Å². The van der Waals surface area contributed by atoms with E-state index in [1.807, 2.05) is 6.08 Å². The molecule has 0 spiro atoms. The summed E-state index contributed by atoms with van der Waals surface area (Å²) >= 11 is 0. The maximum atomic E-state index is 12.0. The molecule has 5 aliphatic rings. The van der Waals surface area contributed by atoms with Crippen molar-refractivity contribution in [1.82, 2.24) is 0 Å². The van der Waals surface area contributed by atoms with Crippen molar-refractivity contribution < 1.29 is 55.1 Å². The zero-order chi connectivity index (χ0) is 28.8. The molecule has 0 amide bonds. The SMILES string of the molecule is OC1=CC=CC(C2Oc3c(c(O)cc4c3C3c5c(O)cc(O)cc5O[C@@](C5C=CC(O)=C(O)C5)(O4)C3O)CC2O)C1. The lowest BCUT2D eigenvalue weighted by Crippen LogP contribution is -2.64. The lowest BCUT2D eigenvalue weighted by Gasteiger charge is -2.53. The monoisotopic (exact) mass is 564 g/mol. The Kier molecular flexibility index (Phi) is 5.44. The molecule has 6 unspecified atom stereocenters. The van der Waals surface area contributed by atoms with E-state index in [1.54, 1.807) is 12.2 Å². The highest BCUT2D eigenvalue weighted by atomic mass is 16.7. The van der Waals surface area contributed by atoms with Crippen molar-refractivity contribution in [3.63, 3.8) is 0 Å². The van der Waals surface area contributed by atoms with Crippen molar-refractivity contribution in [2.75, 3.05) is 0 Å². The molecule has 7 rings (SSSR count). The van der Waals surface area contributed by atoms with Crippen LogP contribution in [-0.4, -0.2) is 65.0 Å². The maximum Gasteiger partial charge on any atom is 0.284 e. The summed E-state index contributed by atoms with van der Waals surface area (Å²) in [6.07, 6.45) is 4.55. The van der Waals surface area contributed by atoms with Crippen molar-refractivity contribution in [2.24, 2.45) is 11.8 Å². The number of hydrogen-bond donors (Lipinski definition) is 8. The first-order valence-electron chi connectivity index (χ1n) is 13.3. The van der Waals surface area contributed by atoms with Crippen LogP contribution in [0, 0.1) is 11.8 Å². The van der Waals surface area contributed by atoms with Gasteiger partial charge in [-0.15, -0.1) is 0 Å². The second-order valence-corrected chi connectivity index (χ2v) is 11.1. The number of aliphatic hydroxyl groups is 5. The summed E-state index contributed by atoms with van der Waals surface area (Å²) < 4.78 is 19.0. The molecule has 2 aromatic rings. The molecule has 214 valence electrons. The fourth-order valence-corrected chi connectivity index (χ4v) is 6.72. The van der Waals surface area contributed by atoms with Crippen molar-refractivity contribution >= 4 is 0 Å². The number of hydrogen-bond acceptors (Lipinski definition) is 11. The molecule has 7 atom stereocenters. The molecular weight excluding hydrogens is 536 g/mol. The molecule has 11 nitrogen and oxygen atoms in total. The number of aliphatic hydroxyl groups excluding tert-OH is 5. The first kappa shape index (κ1) is 25.5. The molecule has 0 radical (unpaired) electrons. The molecule has 2 aromatic carbocycles. The third-order valence-corrected chi connectivity index (χ3v) is 8.63. The van der Waals surface area contributed by atoms with E-state index < -0.39 is 41.9 Å². The van der Waals surface area contributed by atoms with Crippen LogP contribution in [-0.2, 0) is 6.42 Å². The minimum absolute atomic E-state index is 0.0100. The van der Waals surface area contributed by atoms with E-state index in [4.69, 9.17) is 14.2 Å². The normalized spacial score (nSPS) is 33.0. The lowest BCUT2D eigenvalue weighted by molar-refractivity contribution is -0.233. The molecule has 2 aliphatic carbocycles. The van der Waals surface area contributed by atoms with Crippen LogP contribution in [0.15, 0.2) is 65.9 Å². The lowest BCUT2D eigenvalue weighted by atomic mass is 9.71. The predicted octanol–water partition coefficient (Wildman–Crippen LogP) is 3.36. The van der Waals surface area contributed by atoms with Crippen LogP contribution in [0.1, 0.15) is 35.4 Å². The van der Waals surface area contributed by atoms with Crippen molar-refractivity contribution in [1.29, 1.82) is 0 Å². The molecule has 3 aliphatic heterocycles. The van der Waals surface area contributed by atoms with Gasteiger partial charge in [-0.3, -0.25) is 0 Å². The van der Waals surface area contributed by atoms with E-state index in [9.17, 15) is 40.9 Å². The third kappa shape index (κ3) is 3.65. The predicted molar refractivity (Wildman–Crippen MR) is 141 cm³/mol. The molecule has 0 saturated carbocycles. The molecule has 11 heteroatoms. The Morgan fingerprint density at radius 1 is 0.805 bits per heavy atom. The van der Waals surface area contributed by atoms with Gasteiger partial charge in [0.05, 0.1) is 23.7 Å². The Labute approximate surface area is 233 Å². The Morgan fingerprint density at radius 2 is 1.56 bits per heavy atom. The van der Waals surface area contributed by atoms with E-state index in [0.717, 1.165) is 6.07 Å². The van der Waals surface area contributed by atoms with Gasteiger partial charge in [-0.1, -0.05) is 18.2 Å². The summed E-state index contributed by atoms with van der Waals surface area (Å²) in [6.45, 7) is 0. The standard InChI is InChI=1S/C30H28O11/c31-14-3-1-2-12(6-14)27-21(37)10-16-18(34)11-23-25(28(16)39-27)26-24-20(36)8-15(32)9-22(24)40-30(41-23,29(26)38)13-4-5-17(33)19(35)7-13/h1-5,8-9,11-13,21,26-27,29,31-38H,6-7,10H2/t12?,13?,21?,26?,27?,29?,30-/m0/s1. The van der Waals surface area contributed by atoms with Gasteiger partial charge in [-0.2, -0.15) is 0 Å². The van der Waals surface area contributed by atoms with Crippen LogP contribution in [0.4, 0.5) is 0 Å². The van der Waals surface area contributed by atoms with Crippen LogP contribution in [0.2, 0.25) is 0 Å². The molecular formula is C30H28O11. The molecule has 0 fully saturated rings. The number of ether oxygens (including phenoxy) is 3. The fraction of sp³-hybridized carbons (Fsp3) is 0.333. The van der Waals surface area contributed by atoms with Crippen LogP contribution in [0.25, 0.3) is 0 Å². The summed E-state index contributed by atoms with van der Waals surface area (Å²) in [4.78, 5) is 0. The largest absolute Gasteiger partial charge is 0.512 e. The molecule has 2 bridgehead atoms. The highest BCUT2D eigenvalue weighted by Crippen LogP contribution is 2.61. The molecule has 41 heavy (non-hydrogen) atoms. The van der Waals surface area contributed by atoms with E-state index in [-0.39, 0.29) is 82.2 Å². The van der Waals surface area contributed by atoms with Crippen LogP contribution in [0.3, 0.4) is 0 Å². The maximum absolute atomic E-state index is 12.0. The number of phenols is 3. The van der Waals surface area contributed by atoms with E-state index in [2.05, 4.69) is 0 Å². The minimum atomic E-state index is -1.91. The topological polar surface area (TPSA) is 190 Å². The third-order valence-electron chi connectivity index (χ3n) is 8.63. The highest BCUT2D eigenvalue weighted by Gasteiger charge is 2.62. The van der Waals surface area contributed by atoms with Crippen LogP contribution in [0.5, 0.6) is 34.5 Å². The Hall–Kier alpha value is -4.48. The van der Waals surface area contributed by atoms with Gasteiger partial charge >= 0.3 is 0 Å². The number of rotatable bonds is 2. The number of fused-ring (bicyclic) bond motifs is 8. The van der Waals surface area contributed by atoms with Crippen molar-refractivity contribution in [3.05, 3.63) is 82.5 Å². The zero-order valence-corrected chi connectivity index (χ0v) is 21.5. The number of aromatic hydroxyl groups is 3. The van der Waals surface area contributed by atoms with Crippen LogP contribution < -0.4 is 14.2 Å². The molecule has 0 aromatic heterocycles. The first-order valence-corrected chi connectivity index (χ1v) is 13.3. The number of allylic oxidation sites excluding steroid dienone is 5. The fourth-order valence-electron chi connectivity index (χ4n) is 6.72. The van der Waals surface area contributed by atoms with Gasteiger partial charge in [-0.25, -0.2) is 0 Å². The van der Waals surface area contributed by atoms with Gasteiger partial charge in [0.1, 0.15) is 52.5 Å². The first-order chi connectivity index (χ1) is 19.6. The molecule has 0 saturated heterocycles. The Bertz CT molecular complexity index is 1590. The van der Waals surface area contributed by atoms with Gasteiger partial charge in [0.15, 0.2) is 5.76 Å².